The van der Waals surface area contributed by atoms with Gasteiger partial charge in [0.25, 0.3) is 5.91 Å². The minimum absolute atomic E-state index is 0.144. The Labute approximate surface area is 166 Å². The third kappa shape index (κ3) is 5.21. The Morgan fingerprint density at radius 1 is 1.30 bits per heavy atom. The number of rotatable bonds is 5. The summed E-state index contributed by atoms with van der Waals surface area (Å²) in [6.45, 7) is 5.44. The van der Waals surface area contributed by atoms with Gasteiger partial charge in [-0.3, -0.25) is 9.79 Å². The Morgan fingerprint density at radius 2 is 2.07 bits per heavy atom. The number of hydrogen-bond donors (Lipinski definition) is 2. The van der Waals surface area contributed by atoms with E-state index in [-0.39, 0.29) is 5.91 Å². The van der Waals surface area contributed by atoms with Crippen molar-refractivity contribution in [1.29, 1.82) is 0 Å². The number of carbonyl (C=O) groups excluding carboxylic acids is 1. The molecular weight excluding hydrogens is 360 g/mol. The molecule has 1 aromatic rings. The molecule has 0 unspecified atom stereocenters. The largest absolute Gasteiger partial charge is 0.459 e. The first-order valence-electron chi connectivity index (χ1n) is 10.1. The molecule has 1 amide bonds. The fourth-order valence-corrected chi connectivity index (χ4v) is 5.60. The van der Waals surface area contributed by atoms with Crippen LogP contribution in [0.1, 0.15) is 54.6 Å². The van der Waals surface area contributed by atoms with Gasteiger partial charge in [0.15, 0.2) is 11.7 Å². The number of aryl methyl sites for hydroxylation is 1. The molecule has 3 rings (SSSR count). The van der Waals surface area contributed by atoms with Gasteiger partial charge in [-0.05, 0) is 32.3 Å². The average molecular weight is 393 g/mol. The summed E-state index contributed by atoms with van der Waals surface area (Å²) in [5, 5.41) is 6.39. The van der Waals surface area contributed by atoms with Gasteiger partial charge in [-0.25, -0.2) is 0 Å². The number of nitrogens with one attached hydrogen (secondary N) is 2. The van der Waals surface area contributed by atoms with Gasteiger partial charge in [0.1, 0.15) is 0 Å². The van der Waals surface area contributed by atoms with Gasteiger partial charge in [0.05, 0.1) is 6.26 Å². The zero-order valence-corrected chi connectivity index (χ0v) is 17.4. The molecule has 1 saturated heterocycles. The van der Waals surface area contributed by atoms with Crippen LogP contribution in [0.4, 0.5) is 0 Å². The number of hydrogen-bond acceptors (Lipinski definition) is 4. The highest BCUT2D eigenvalue weighted by atomic mass is 32.2. The zero-order chi connectivity index (χ0) is 19.1. The Bertz CT molecular complexity index is 647. The number of amides is 1. The van der Waals surface area contributed by atoms with Gasteiger partial charge in [-0.2, -0.15) is 11.8 Å². The standard InChI is InChI=1S/C20H32N4O2S/c1-16-7-13-26-17(16)18(25)22-10-6-11-23-19(21-2)24-12-14-27-20(15-24)8-4-3-5-9-20/h7,13H,3-6,8-12,14-15H2,1-2H3,(H,21,23)(H,22,25). The monoisotopic (exact) mass is 392 g/mol. The summed E-state index contributed by atoms with van der Waals surface area (Å²) in [4.78, 5) is 19.0. The van der Waals surface area contributed by atoms with Crippen molar-refractivity contribution in [3.05, 3.63) is 23.7 Å². The quantitative estimate of drug-likeness (QED) is 0.458. The van der Waals surface area contributed by atoms with E-state index in [0.29, 0.717) is 17.1 Å². The number of aliphatic imine (C=N–C) groups is 1. The molecule has 0 bridgehead atoms. The van der Waals surface area contributed by atoms with Gasteiger partial charge in [-0.1, -0.05) is 19.3 Å². The van der Waals surface area contributed by atoms with E-state index in [1.165, 1.54) is 37.9 Å². The summed E-state index contributed by atoms with van der Waals surface area (Å²) in [7, 11) is 1.86. The predicted octanol–water partition coefficient (Wildman–Crippen LogP) is 3.04. The SMILES string of the molecule is CN=C(NCCCNC(=O)c1occc1C)N1CCSC2(CCCCC2)C1. The Morgan fingerprint density at radius 3 is 2.78 bits per heavy atom. The van der Waals surface area contributed by atoms with E-state index in [4.69, 9.17) is 4.42 Å². The van der Waals surface area contributed by atoms with Crippen LogP contribution in [0, 0.1) is 6.92 Å². The summed E-state index contributed by atoms with van der Waals surface area (Å²) in [6, 6.07) is 1.80. The highest BCUT2D eigenvalue weighted by molar-refractivity contribution is 8.00. The van der Waals surface area contributed by atoms with Crippen molar-refractivity contribution in [2.45, 2.75) is 50.2 Å². The lowest BCUT2D eigenvalue weighted by Crippen LogP contribution is -2.53. The number of carbonyl (C=O) groups is 1. The van der Waals surface area contributed by atoms with E-state index < -0.39 is 0 Å². The van der Waals surface area contributed by atoms with E-state index >= 15 is 0 Å². The van der Waals surface area contributed by atoms with E-state index in [0.717, 1.165) is 37.6 Å². The molecule has 27 heavy (non-hydrogen) atoms. The van der Waals surface area contributed by atoms with E-state index in [2.05, 4.69) is 32.3 Å². The van der Waals surface area contributed by atoms with Gasteiger partial charge in [-0.15, -0.1) is 0 Å². The maximum absolute atomic E-state index is 12.0. The van der Waals surface area contributed by atoms with Crippen LogP contribution >= 0.6 is 11.8 Å². The van der Waals surface area contributed by atoms with Crippen LogP contribution < -0.4 is 10.6 Å². The molecule has 0 atom stereocenters. The molecule has 2 aliphatic rings. The fraction of sp³-hybridized carbons (Fsp3) is 0.700. The fourth-order valence-electron chi connectivity index (χ4n) is 4.03. The first-order valence-corrected chi connectivity index (χ1v) is 11.0. The molecule has 1 spiro atoms. The Hall–Kier alpha value is -1.63. The van der Waals surface area contributed by atoms with Crippen molar-refractivity contribution in [1.82, 2.24) is 15.5 Å². The average Bonchev–Trinajstić information content (AvgIpc) is 3.11. The highest BCUT2D eigenvalue weighted by Crippen LogP contribution is 2.42. The number of thioether (sulfide) groups is 1. The van der Waals surface area contributed by atoms with Crippen LogP contribution in [0.5, 0.6) is 0 Å². The lowest BCUT2D eigenvalue weighted by molar-refractivity contribution is 0.0925. The first kappa shape index (κ1) is 20.1. The smallest absolute Gasteiger partial charge is 0.287 e. The van der Waals surface area contributed by atoms with Crippen LogP contribution in [0.3, 0.4) is 0 Å². The molecule has 2 fully saturated rings. The van der Waals surface area contributed by atoms with Crippen LogP contribution in [-0.4, -0.2) is 60.5 Å². The van der Waals surface area contributed by atoms with Gasteiger partial charge >= 0.3 is 0 Å². The van der Waals surface area contributed by atoms with Crippen LogP contribution in [0.25, 0.3) is 0 Å². The van der Waals surface area contributed by atoms with Crippen LogP contribution in [0.2, 0.25) is 0 Å². The third-order valence-electron chi connectivity index (χ3n) is 5.52. The molecule has 2 N–H and O–H groups in total. The minimum atomic E-state index is -0.144. The van der Waals surface area contributed by atoms with Gasteiger partial charge in [0, 0.05) is 49.3 Å². The molecule has 150 valence electrons. The molecule has 0 radical (unpaired) electrons. The van der Waals surface area contributed by atoms with Crippen molar-refractivity contribution in [2.24, 2.45) is 4.99 Å². The van der Waals surface area contributed by atoms with E-state index in [9.17, 15) is 4.79 Å². The van der Waals surface area contributed by atoms with Crippen molar-refractivity contribution in [2.75, 3.05) is 39.0 Å². The second-order valence-corrected chi connectivity index (χ2v) is 9.09. The summed E-state index contributed by atoms with van der Waals surface area (Å²) < 4.78 is 5.65. The molecule has 0 aromatic carbocycles. The van der Waals surface area contributed by atoms with Crippen LogP contribution in [0.15, 0.2) is 21.7 Å². The zero-order valence-electron chi connectivity index (χ0n) is 16.6. The van der Waals surface area contributed by atoms with Crippen LogP contribution in [-0.2, 0) is 0 Å². The molecular formula is C20H32N4O2S. The van der Waals surface area contributed by atoms with Crippen molar-refractivity contribution in [3.8, 4) is 0 Å². The van der Waals surface area contributed by atoms with Crippen molar-refractivity contribution >= 4 is 23.6 Å². The lowest BCUT2D eigenvalue weighted by Gasteiger charge is -2.45. The highest BCUT2D eigenvalue weighted by Gasteiger charge is 2.38. The molecule has 7 heteroatoms. The third-order valence-corrected chi connectivity index (χ3v) is 7.05. The molecule has 1 aromatic heterocycles. The number of nitrogens with zero attached hydrogens (tertiary/aromatic N) is 2. The van der Waals surface area contributed by atoms with E-state index in [1.54, 1.807) is 12.3 Å². The molecule has 2 heterocycles. The second-order valence-electron chi connectivity index (χ2n) is 7.53. The number of furan rings is 1. The van der Waals surface area contributed by atoms with Gasteiger partial charge in [0.2, 0.25) is 0 Å². The molecule has 6 nitrogen and oxygen atoms in total. The summed E-state index contributed by atoms with van der Waals surface area (Å²) in [5.74, 6) is 2.43. The molecule has 1 aliphatic carbocycles. The van der Waals surface area contributed by atoms with Crippen molar-refractivity contribution < 1.29 is 9.21 Å². The molecule has 1 saturated carbocycles. The van der Waals surface area contributed by atoms with Gasteiger partial charge < -0.3 is 20.0 Å². The summed E-state index contributed by atoms with van der Waals surface area (Å²) >= 11 is 2.17. The minimum Gasteiger partial charge on any atom is -0.459 e. The number of guanidine groups is 1. The van der Waals surface area contributed by atoms with Crippen molar-refractivity contribution in [3.63, 3.8) is 0 Å². The van der Waals surface area contributed by atoms with E-state index in [1.807, 2.05) is 14.0 Å². The maximum atomic E-state index is 12.0. The predicted molar refractivity (Wildman–Crippen MR) is 112 cm³/mol. The second kappa shape index (κ2) is 9.53. The first-order chi connectivity index (χ1) is 13.1. The topological polar surface area (TPSA) is 69.9 Å². The normalized spacial score (nSPS) is 19.9. The summed E-state index contributed by atoms with van der Waals surface area (Å²) in [5.41, 5.74) is 0.866. The summed E-state index contributed by atoms with van der Waals surface area (Å²) in [6.07, 6.45) is 9.18. The Balaban J connectivity index is 1.40. The maximum Gasteiger partial charge on any atom is 0.287 e. The lowest BCUT2D eigenvalue weighted by atomic mass is 9.87. The Kier molecular flexibility index (Phi) is 7.10. The molecule has 1 aliphatic heterocycles.